The van der Waals surface area contributed by atoms with Crippen molar-refractivity contribution in [1.29, 1.82) is 0 Å². The lowest BCUT2D eigenvalue weighted by atomic mass is 10.3. The zero-order chi connectivity index (χ0) is 10.3. The first-order valence-electron chi connectivity index (χ1n) is 3.44. The number of halogens is 1. The molecule has 0 bridgehead atoms. The van der Waals surface area contributed by atoms with Gasteiger partial charge >= 0.3 is 0 Å². The number of carbonyl (C=O) groups excluding carboxylic acids is 1. The predicted octanol–water partition coefficient (Wildman–Crippen LogP) is 2.15. The molecule has 3 nitrogen and oxygen atoms in total. The molecule has 0 saturated carbocycles. The summed E-state index contributed by atoms with van der Waals surface area (Å²) in [4.78, 5) is 10.3. The summed E-state index contributed by atoms with van der Waals surface area (Å²) in [6, 6.07) is 0. The number of hydrogen-bond donors (Lipinski definition) is 0. The van der Waals surface area contributed by atoms with Crippen LogP contribution in [0.3, 0.4) is 0 Å². The Bertz CT molecular complexity index is 254. The second kappa shape index (κ2) is 6.48. The maximum absolute atomic E-state index is 10.3. The number of methoxy groups -OCH3 is 2. The number of allylic oxidation sites excluding steroid dienone is 3. The number of ether oxygens (including phenoxy) is 2. The van der Waals surface area contributed by atoms with Crippen LogP contribution in [0.5, 0.6) is 0 Å². The molecule has 0 fully saturated rings. The van der Waals surface area contributed by atoms with Crippen molar-refractivity contribution >= 4 is 22.2 Å². The van der Waals surface area contributed by atoms with E-state index in [2.05, 4.69) is 22.5 Å². The molecule has 0 atom stereocenters. The molecule has 0 aromatic carbocycles. The van der Waals surface area contributed by atoms with Crippen LogP contribution < -0.4 is 0 Å². The SMILES string of the molecule is C=C(C=O)/C=C(Br)\C(=C\OC)OC. The van der Waals surface area contributed by atoms with Gasteiger partial charge in [0.1, 0.15) is 12.5 Å². The van der Waals surface area contributed by atoms with Gasteiger partial charge in [-0.3, -0.25) is 4.79 Å². The fraction of sp³-hybridized carbons (Fsp3) is 0.222. The summed E-state index contributed by atoms with van der Waals surface area (Å²) in [6.07, 6.45) is 3.61. The highest BCUT2D eigenvalue weighted by Crippen LogP contribution is 2.18. The Balaban J connectivity index is 4.63. The highest BCUT2D eigenvalue weighted by molar-refractivity contribution is 9.11. The van der Waals surface area contributed by atoms with Crippen molar-refractivity contribution in [2.75, 3.05) is 14.2 Å². The van der Waals surface area contributed by atoms with Crippen LogP contribution in [0.4, 0.5) is 0 Å². The van der Waals surface area contributed by atoms with Gasteiger partial charge in [0.05, 0.1) is 18.7 Å². The van der Waals surface area contributed by atoms with E-state index < -0.39 is 0 Å². The average Bonchev–Trinajstić information content (AvgIpc) is 2.13. The summed E-state index contributed by atoms with van der Waals surface area (Å²) in [5.41, 5.74) is 0.353. The Kier molecular flexibility index (Phi) is 5.97. The van der Waals surface area contributed by atoms with Crippen LogP contribution in [-0.4, -0.2) is 20.5 Å². The molecule has 0 aliphatic rings. The first-order chi connectivity index (χ1) is 6.15. The van der Waals surface area contributed by atoms with E-state index in [4.69, 9.17) is 9.47 Å². The van der Waals surface area contributed by atoms with Gasteiger partial charge in [-0.15, -0.1) is 0 Å². The fourth-order valence-corrected chi connectivity index (χ4v) is 1.13. The van der Waals surface area contributed by atoms with E-state index in [0.29, 0.717) is 22.1 Å². The minimum absolute atomic E-state index is 0.353. The van der Waals surface area contributed by atoms with E-state index >= 15 is 0 Å². The molecular weight excluding hydrogens is 236 g/mol. The molecular formula is C9H11BrO3. The van der Waals surface area contributed by atoms with Gasteiger partial charge in [-0.1, -0.05) is 6.58 Å². The standard InChI is InChI=1S/C9H11BrO3/c1-7(5-11)4-8(10)9(13-3)6-12-2/h4-6H,1H2,2-3H3/b8-4+,9-6-. The summed E-state index contributed by atoms with van der Waals surface area (Å²) in [5, 5.41) is 0. The predicted molar refractivity (Wildman–Crippen MR) is 54.3 cm³/mol. The van der Waals surface area contributed by atoms with Crippen LogP contribution in [0, 0.1) is 0 Å². The third-order valence-electron chi connectivity index (χ3n) is 1.14. The average molecular weight is 247 g/mol. The molecule has 4 heteroatoms. The number of rotatable bonds is 5. The first kappa shape index (κ1) is 12.0. The van der Waals surface area contributed by atoms with Crippen molar-refractivity contribution in [1.82, 2.24) is 0 Å². The largest absolute Gasteiger partial charge is 0.500 e. The summed E-state index contributed by atoms with van der Waals surface area (Å²) in [6.45, 7) is 3.49. The normalized spacial score (nSPS) is 12.2. The fourth-order valence-electron chi connectivity index (χ4n) is 0.577. The molecule has 0 N–H and O–H groups in total. The molecule has 0 rings (SSSR count). The molecule has 0 unspecified atom stereocenters. The molecule has 0 radical (unpaired) electrons. The van der Waals surface area contributed by atoms with Crippen molar-refractivity contribution in [2.45, 2.75) is 0 Å². The summed E-state index contributed by atoms with van der Waals surface area (Å²) < 4.78 is 10.3. The first-order valence-corrected chi connectivity index (χ1v) is 4.23. The number of carbonyl (C=O) groups is 1. The van der Waals surface area contributed by atoms with Crippen LogP contribution in [0.1, 0.15) is 0 Å². The molecule has 0 aromatic heterocycles. The Morgan fingerprint density at radius 3 is 2.46 bits per heavy atom. The van der Waals surface area contributed by atoms with Gasteiger partial charge in [0.25, 0.3) is 0 Å². The summed E-state index contributed by atoms with van der Waals surface area (Å²) in [7, 11) is 3.01. The van der Waals surface area contributed by atoms with Crippen LogP contribution in [0.2, 0.25) is 0 Å². The van der Waals surface area contributed by atoms with Crippen LogP contribution in [-0.2, 0) is 14.3 Å². The topological polar surface area (TPSA) is 35.5 Å². The Morgan fingerprint density at radius 2 is 2.08 bits per heavy atom. The molecule has 0 saturated heterocycles. The number of hydrogen-bond acceptors (Lipinski definition) is 3. The zero-order valence-corrected chi connectivity index (χ0v) is 9.13. The van der Waals surface area contributed by atoms with Crippen molar-refractivity contribution in [3.63, 3.8) is 0 Å². The highest BCUT2D eigenvalue weighted by atomic mass is 79.9. The lowest BCUT2D eigenvalue weighted by molar-refractivity contribution is -0.104. The number of aldehydes is 1. The summed E-state index contributed by atoms with van der Waals surface area (Å²) in [5.74, 6) is 0.491. The van der Waals surface area contributed by atoms with E-state index in [1.165, 1.54) is 20.5 Å². The quantitative estimate of drug-likeness (QED) is 0.323. The van der Waals surface area contributed by atoms with E-state index in [-0.39, 0.29) is 0 Å². The van der Waals surface area contributed by atoms with Gasteiger partial charge in [0, 0.05) is 5.57 Å². The van der Waals surface area contributed by atoms with E-state index in [9.17, 15) is 4.79 Å². The molecule has 13 heavy (non-hydrogen) atoms. The maximum atomic E-state index is 10.3. The molecule has 0 amide bonds. The lowest BCUT2D eigenvalue weighted by Crippen LogP contribution is -1.89. The Labute approximate surface area is 85.8 Å². The van der Waals surface area contributed by atoms with E-state index in [1.807, 2.05) is 0 Å². The summed E-state index contributed by atoms with van der Waals surface area (Å²) >= 11 is 3.22. The monoisotopic (exact) mass is 246 g/mol. The van der Waals surface area contributed by atoms with Crippen molar-refractivity contribution in [3.05, 3.63) is 34.7 Å². The highest BCUT2D eigenvalue weighted by Gasteiger charge is 2.01. The minimum Gasteiger partial charge on any atom is -0.500 e. The third kappa shape index (κ3) is 4.52. The van der Waals surface area contributed by atoms with Gasteiger partial charge in [-0.05, 0) is 22.0 Å². The smallest absolute Gasteiger partial charge is 0.167 e. The molecule has 0 heterocycles. The maximum Gasteiger partial charge on any atom is 0.167 e. The lowest BCUT2D eigenvalue weighted by Gasteiger charge is -2.03. The van der Waals surface area contributed by atoms with Crippen LogP contribution >= 0.6 is 15.9 Å². The van der Waals surface area contributed by atoms with E-state index in [0.717, 1.165) is 0 Å². The molecule has 72 valence electrons. The van der Waals surface area contributed by atoms with Gasteiger partial charge in [-0.2, -0.15) is 0 Å². The molecule has 0 aliphatic carbocycles. The Hall–Kier alpha value is -1.03. The molecule has 0 spiro atoms. The van der Waals surface area contributed by atoms with Gasteiger partial charge in [0.15, 0.2) is 5.76 Å². The van der Waals surface area contributed by atoms with Crippen molar-refractivity contribution in [2.24, 2.45) is 0 Å². The van der Waals surface area contributed by atoms with Crippen LogP contribution in [0.25, 0.3) is 0 Å². The molecule has 0 aromatic rings. The third-order valence-corrected chi connectivity index (χ3v) is 1.76. The van der Waals surface area contributed by atoms with Crippen molar-refractivity contribution in [3.8, 4) is 0 Å². The van der Waals surface area contributed by atoms with Crippen molar-refractivity contribution < 1.29 is 14.3 Å². The second-order valence-corrected chi connectivity index (χ2v) is 2.96. The van der Waals surface area contributed by atoms with E-state index in [1.54, 1.807) is 6.08 Å². The minimum atomic E-state index is 0.353. The van der Waals surface area contributed by atoms with Crippen LogP contribution in [0.15, 0.2) is 34.7 Å². The van der Waals surface area contributed by atoms with Gasteiger partial charge < -0.3 is 9.47 Å². The second-order valence-electron chi connectivity index (χ2n) is 2.11. The zero-order valence-electron chi connectivity index (χ0n) is 7.54. The molecule has 0 aliphatic heterocycles. The van der Waals surface area contributed by atoms with Gasteiger partial charge in [0.2, 0.25) is 0 Å². The Morgan fingerprint density at radius 1 is 1.46 bits per heavy atom. The van der Waals surface area contributed by atoms with Gasteiger partial charge in [-0.25, -0.2) is 0 Å².